The molecule has 0 bridgehead atoms. The molecule has 140 valence electrons. The molecule has 3 aromatic rings. The monoisotopic (exact) mass is 387 g/mol. The van der Waals surface area contributed by atoms with Gasteiger partial charge in [-0.15, -0.1) is 10.2 Å². The van der Waals surface area contributed by atoms with E-state index in [9.17, 15) is 4.79 Å². The number of nitrogens with one attached hydrogen (secondary N) is 1. The number of anilines is 1. The molecule has 0 aliphatic carbocycles. The molecule has 0 saturated heterocycles. The summed E-state index contributed by atoms with van der Waals surface area (Å²) in [6, 6.07) is 12.0. The number of hydrogen-bond acceptors (Lipinski definition) is 5. The SMILES string of the molecule is COc1ccc(CN(C(=O)Nc2ccc(Cl)cc2)n2cnnc2)cc1OC. The highest BCUT2D eigenvalue weighted by molar-refractivity contribution is 6.30. The maximum Gasteiger partial charge on any atom is 0.341 e. The van der Waals surface area contributed by atoms with E-state index < -0.39 is 0 Å². The van der Waals surface area contributed by atoms with Crippen LogP contribution in [0.15, 0.2) is 55.1 Å². The molecule has 9 heteroatoms. The smallest absolute Gasteiger partial charge is 0.341 e. The molecule has 0 aliphatic rings. The Morgan fingerprint density at radius 1 is 1.07 bits per heavy atom. The molecule has 0 fully saturated rings. The number of methoxy groups -OCH3 is 2. The van der Waals surface area contributed by atoms with Crippen molar-refractivity contribution in [3.63, 3.8) is 0 Å². The molecule has 0 saturated carbocycles. The molecule has 27 heavy (non-hydrogen) atoms. The van der Waals surface area contributed by atoms with Gasteiger partial charge in [-0.25, -0.2) is 14.5 Å². The van der Waals surface area contributed by atoms with Gasteiger partial charge in [-0.05, 0) is 42.0 Å². The highest BCUT2D eigenvalue weighted by Crippen LogP contribution is 2.28. The van der Waals surface area contributed by atoms with Gasteiger partial charge < -0.3 is 14.8 Å². The molecule has 2 aromatic carbocycles. The average Bonchev–Trinajstić information content (AvgIpc) is 3.22. The van der Waals surface area contributed by atoms with Crippen LogP contribution in [0.4, 0.5) is 10.5 Å². The second-order valence-electron chi connectivity index (χ2n) is 5.53. The van der Waals surface area contributed by atoms with Gasteiger partial charge in [0, 0.05) is 10.7 Å². The normalized spacial score (nSPS) is 10.3. The molecular formula is C18H18ClN5O3. The minimum Gasteiger partial charge on any atom is -0.493 e. The maximum atomic E-state index is 12.8. The Labute approximate surface area is 161 Å². The predicted octanol–water partition coefficient (Wildman–Crippen LogP) is 3.32. The summed E-state index contributed by atoms with van der Waals surface area (Å²) < 4.78 is 12.1. The third-order valence-corrected chi connectivity index (χ3v) is 4.05. The van der Waals surface area contributed by atoms with Crippen LogP contribution >= 0.6 is 11.6 Å². The highest BCUT2D eigenvalue weighted by atomic mass is 35.5. The van der Waals surface area contributed by atoms with Crippen LogP contribution in [0.3, 0.4) is 0 Å². The number of carbonyl (C=O) groups excluding carboxylic acids is 1. The number of urea groups is 1. The van der Waals surface area contributed by atoms with Crippen molar-refractivity contribution >= 4 is 23.3 Å². The van der Waals surface area contributed by atoms with Crippen LogP contribution in [0.5, 0.6) is 11.5 Å². The topological polar surface area (TPSA) is 81.5 Å². The molecule has 1 N–H and O–H groups in total. The highest BCUT2D eigenvalue weighted by Gasteiger charge is 2.17. The first-order chi connectivity index (χ1) is 13.1. The fourth-order valence-corrected chi connectivity index (χ4v) is 2.58. The zero-order valence-corrected chi connectivity index (χ0v) is 15.6. The molecule has 1 aromatic heterocycles. The molecule has 0 spiro atoms. The van der Waals surface area contributed by atoms with Gasteiger partial charge in [0.15, 0.2) is 11.5 Å². The predicted molar refractivity (Wildman–Crippen MR) is 102 cm³/mol. The Morgan fingerprint density at radius 2 is 1.74 bits per heavy atom. The summed E-state index contributed by atoms with van der Waals surface area (Å²) in [5, 5.41) is 12.4. The third kappa shape index (κ3) is 4.48. The van der Waals surface area contributed by atoms with Gasteiger partial charge in [-0.3, -0.25) is 0 Å². The maximum absolute atomic E-state index is 12.8. The lowest BCUT2D eigenvalue weighted by molar-refractivity contribution is 0.251. The number of ether oxygens (including phenoxy) is 2. The van der Waals surface area contributed by atoms with E-state index in [-0.39, 0.29) is 12.6 Å². The molecule has 8 nitrogen and oxygen atoms in total. The molecule has 0 unspecified atom stereocenters. The fraction of sp³-hybridized carbons (Fsp3) is 0.167. The Hall–Kier alpha value is -3.26. The van der Waals surface area contributed by atoms with Crippen LogP contribution in [0.1, 0.15) is 5.56 Å². The molecule has 0 radical (unpaired) electrons. The first-order valence-corrected chi connectivity index (χ1v) is 8.38. The lowest BCUT2D eigenvalue weighted by atomic mass is 10.2. The molecule has 0 atom stereocenters. The van der Waals surface area contributed by atoms with E-state index in [0.717, 1.165) is 5.56 Å². The second kappa shape index (κ2) is 8.41. The second-order valence-corrected chi connectivity index (χ2v) is 5.96. The van der Waals surface area contributed by atoms with Gasteiger partial charge in [-0.2, -0.15) is 0 Å². The Bertz CT molecular complexity index is 900. The summed E-state index contributed by atoms with van der Waals surface area (Å²) in [6.07, 6.45) is 2.89. The van der Waals surface area contributed by atoms with Crippen molar-refractivity contribution in [1.29, 1.82) is 0 Å². The van der Waals surface area contributed by atoms with Crippen molar-refractivity contribution in [2.24, 2.45) is 0 Å². The summed E-state index contributed by atoms with van der Waals surface area (Å²) >= 11 is 5.89. The number of aromatic nitrogens is 3. The summed E-state index contributed by atoms with van der Waals surface area (Å²) in [5.74, 6) is 1.19. The molecule has 3 rings (SSSR count). The lowest BCUT2D eigenvalue weighted by Gasteiger charge is -2.23. The zero-order valence-electron chi connectivity index (χ0n) is 14.8. The summed E-state index contributed by atoms with van der Waals surface area (Å²) in [7, 11) is 3.13. The van der Waals surface area contributed by atoms with Crippen LogP contribution < -0.4 is 19.8 Å². The number of carbonyl (C=O) groups is 1. The van der Waals surface area contributed by atoms with Gasteiger partial charge >= 0.3 is 6.03 Å². The van der Waals surface area contributed by atoms with E-state index in [1.807, 2.05) is 12.1 Å². The van der Waals surface area contributed by atoms with E-state index in [4.69, 9.17) is 21.1 Å². The average molecular weight is 388 g/mol. The zero-order chi connectivity index (χ0) is 19.2. The van der Waals surface area contributed by atoms with Crippen molar-refractivity contribution in [3.8, 4) is 11.5 Å². The quantitative estimate of drug-likeness (QED) is 0.701. The van der Waals surface area contributed by atoms with E-state index in [2.05, 4.69) is 15.5 Å². The van der Waals surface area contributed by atoms with Crippen molar-refractivity contribution in [1.82, 2.24) is 14.9 Å². The number of amides is 2. The van der Waals surface area contributed by atoms with E-state index in [0.29, 0.717) is 22.2 Å². The number of rotatable bonds is 6. The Kier molecular flexibility index (Phi) is 5.77. The first-order valence-electron chi connectivity index (χ1n) is 8.00. The Balaban J connectivity index is 1.84. The van der Waals surface area contributed by atoms with Gasteiger partial charge in [-0.1, -0.05) is 17.7 Å². The van der Waals surface area contributed by atoms with E-state index in [1.54, 1.807) is 44.6 Å². The van der Waals surface area contributed by atoms with Gasteiger partial charge in [0.2, 0.25) is 0 Å². The number of hydrogen-bond donors (Lipinski definition) is 1. The van der Waals surface area contributed by atoms with Crippen LogP contribution in [0.2, 0.25) is 5.02 Å². The van der Waals surface area contributed by atoms with Gasteiger partial charge in [0.05, 0.1) is 20.8 Å². The third-order valence-electron chi connectivity index (χ3n) is 3.80. The largest absolute Gasteiger partial charge is 0.493 e. The number of benzene rings is 2. The summed E-state index contributed by atoms with van der Waals surface area (Å²) in [4.78, 5) is 12.8. The van der Waals surface area contributed by atoms with Crippen LogP contribution in [-0.4, -0.2) is 35.1 Å². The van der Waals surface area contributed by atoms with Gasteiger partial charge in [0.1, 0.15) is 12.7 Å². The fourth-order valence-electron chi connectivity index (χ4n) is 2.45. The summed E-state index contributed by atoms with van der Waals surface area (Å²) in [5.41, 5.74) is 1.46. The molecule has 0 aliphatic heterocycles. The minimum atomic E-state index is -0.355. The Morgan fingerprint density at radius 3 is 2.37 bits per heavy atom. The van der Waals surface area contributed by atoms with Crippen molar-refractivity contribution < 1.29 is 14.3 Å². The summed E-state index contributed by atoms with van der Waals surface area (Å²) in [6.45, 7) is 0.262. The van der Waals surface area contributed by atoms with Crippen molar-refractivity contribution in [2.75, 3.05) is 24.5 Å². The molecular weight excluding hydrogens is 370 g/mol. The van der Waals surface area contributed by atoms with Crippen LogP contribution in [0.25, 0.3) is 0 Å². The standard InChI is InChI=1S/C18H18ClN5O3/c1-26-16-8-3-13(9-17(16)27-2)10-24(23-11-20-21-12-23)18(25)22-15-6-4-14(19)5-7-15/h3-9,11-12H,10H2,1-2H3,(H,22,25). The number of halogens is 1. The minimum absolute atomic E-state index is 0.262. The lowest BCUT2D eigenvalue weighted by Crippen LogP contribution is -2.42. The first kappa shape index (κ1) is 18.5. The molecule has 1 heterocycles. The van der Waals surface area contributed by atoms with Crippen molar-refractivity contribution in [2.45, 2.75) is 6.54 Å². The molecule has 2 amide bonds. The number of nitrogens with zero attached hydrogens (tertiary/aromatic N) is 4. The van der Waals surface area contributed by atoms with E-state index >= 15 is 0 Å². The van der Waals surface area contributed by atoms with Crippen molar-refractivity contribution in [3.05, 3.63) is 65.7 Å². The van der Waals surface area contributed by atoms with E-state index in [1.165, 1.54) is 22.3 Å². The van der Waals surface area contributed by atoms with Crippen LogP contribution in [0, 0.1) is 0 Å². The van der Waals surface area contributed by atoms with Crippen LogP contribution in [-0.2, 0) is 6.54 Å². The van der Waals surface area contributed by atoms with Gasteiger partial charge in [0.25, 0.3) is 0 Å².